The summed E-state index contributed by atoms with van der Waals surface area (Å²) in [6, 6.07) is 5.44. The zero-order chi connectivity index (χ0) is 18.4. The summed E-state index contributed by atoms with van der Waals surface area (Å²) in [4.78, 5) is 12.3. The van der Waals surface area contributed by atoms with E-state index in [0.717, 1.165) is 11.1 Å². The minimum Gasteiger partial charge on any atom is -0.454 e. The molecule has 0 amide bonds. The first-order valence-electron chi connectivity index (χ1n) is 8.80. The van der Waals surface area contributed by atoms with Gasteiger partial charge >= 0.3 is 5.97 Å². The smallest absolute Gasteiger partial charge is 0.336 e. The predicted molar refractivity (Wildman–Crippen MR) is 92.6 cm³/mol. The molecule has 7 heteroatoms. The minimum absolute atomic E-state index is 0.0659. The lowest BCUT2D eigenvalue weighted by molar-refractivity contribution is -0.155. The van der Waals surface area contributed by atoms with E-state index in [9.17, 15) is 9.90 Å². The molecule has 3 heterocycles. The lowest BCUT2D eigenvalue weighted by Crippen LogP contribution is -2.22. The van der Waals surface area contributed by atoms with Crippen molar-refractivity contribution >= 4 is 12.0 Å². The second kappa shape index (κ2) is 6.53. The summed E-state index contributed by atoms with van der Waals surface area (Å²) in [7, 11) is 0. The molecule has 7 nitrogen and oxygen atoms in total. The molecule has 140 valence electrons. The summed E-state index contributed by atoms with van der Waals surface area (Å²) < 4.78 is 26.7. The number of cyclic esters (lactones) is 1. The molecule has 4 aliphatic rings. The van der Waals surface area contributed by atoms with Crippen LogP contribution in [0.15, 0.2) is 47.6 Å². The molecular formula is C20H18O7. The number of aliphatic hydroxyl groups excluding tert-OH is 1. The third kappa shape index (κ3) is 3.03. The Morgan fingerprint density at radius 1 is 1.11 bits per heavy atom. The molecule has 0 radical (unpaired) electrons. The number of hydrogen-bond acceptors (Lipinski definition) is 7. The molecule has 0 saturated carbocycles. The van der Waals surface area contributed by atoms with Gasteiger partial charge in [0.05, 0.1) is 5.92 Å². The van der Waals surface area contributed by atoms with E-state index < -0.39 is 18.2 Å². The molecule has 0 bridgehead atoms. The molecular weight excluding hydrogens is 352 g/mol. The zero-order valence-electron chi connectivity index (χ0n) is 14.4. The molecule has 2 fully saturated rings. The Morgan fingerprint density at radius 2 is 1.96 bits per heavy atom. The second-order valence-electron chi connectivity index (χ2n) is 6.80. The van der Waals surface area contributed by atoms with Crippen LogP contribution in [0, 0.1) is 5.92 Å². The number of benzene rings is 1. The molecule has 1 N–H and O–H groups in total. The van der Waals surface area contributed by atoms with Crippen LogP contribution in [0.3, 0.4) is 0 Å². The van der Waals surface area contributed by atoms with Crippen LogP contribution < -0.4 is 9.47 Å². The van der Waals surface area contributed by atoms with Gasteiger partial charge in [0.2, 0.25) is 13.1 Å². The lowest BCUT2D eigenvalue weighted by Gasteiger charge is -2.19. The fourth-order valence-electron chi connectivity index (χ4n) is 3.69. The monoisotopic (exact) mass is 370 g/mol. The van der Waals surface area contributed by atoms with Gasteiger partial charge < -0.3 is 28.8 Å². The zero-order valence-corrected chi connectivity index (χ0v) is 14.4. The van der Waals surface area contributed by atoms with Crippen molar-refractivity contribution in [2.45, 2.75) is 24.9 Å². The van der Waals surface area contributed by atoms with Gasteiger partial charge in [-0.05, 0) is 41.8 Å². The van der Waals surface area contributed by atoms with Gasteiger partial charge in [0.25, 0.3) is 0 Å². The Balaban J connectivity index is 1.40. The van der Waals surface area contributed by atoms with Crippen LogP contribution >= 0.6 is 0 Å². The maximum absolute atomic E-state index is 12.3. The summed E-state index contributed by atoms with van der Waals surface area (Å²) >= 11 is 0. The van der Waals surface area contributed by atoms with Crippen molar-refractivity contribution < 1.29 is 33.6 Å². The summed E-state index contributed by atoms with van der Waals surface area (Å²) in [5.74, 6) is 0.338. The number of carbonyl (C=O) groups is 1. The average Bonchev–Trinajstić information content (AvgIpc) is 3.36. The van der Waals surface area contributed by atoms with Crippen LogP contribution in [-0.2, 0) is 19.0 Å². The van der Waals surface area contributed by atoms with E-state index in [4.69, 9.17) is 23.7 Å². The van der Waals surface area contributed by atoms with Crippen molar-refractivity contribution in [1.29, 1.82) is 0 Å². The van der Waals surface area contributed by atoms with Crippen molar-refractivity contribution in [3.63, 3.8) is 0 Å². The number of fused-ring (bicyclic) bond motifs is 2. The van der Waals surface area contributed by atoms with Gasteiger partial charge in [-0.25, -0.2) is 4.79 Å². The van der Waals surface area contributed by atoms with E-state index >= 15 is 0 Å². The first kappa shape index (κ1) is 16.6. The normalized spacial score (nSPS) is 32.6. The lowest BCUT2D eigenvalue weighted by atomic mass is 9.88. The fourth-order valence-corrected chi connectivity index (χ4v) is 3.69. The van der Waals surface area contributed by atoms with E-state index in [2.05, 4.69) is 0 Å². The predicted octanol–water partition coefficient (Wildman–Crippen LogP) is 1.92. The highest BCUT2D eigenvalue weighted by molar-refractivity contribution is 5.96. The maximum atomic E-state index is 12.3. The summed E-state index contributed by atoms with van der Waals surface area (Å²) in [5, 5.41) is 10.2. The molecule has 5 rings (SSSR count). The quantitative estimate of drug-likeness (QED) is 0.643. The summed E-state index contributed by atoms with van der Waals surface area (Å²) in [6.07, 6.45) is 6.70. The van der Waals surface area contributed by atoms with Gasteiger partial charge in [0.1, 0.15) is 19.0 Å². The minimum atomic E-state index is -1.18. The maximum Gasteiger partial charge on any atom is 0.336 e. The SMILES string of the molecule is O=C1O[C@H](O)[C@H](CC2=C[C@@H]3OCO[C@@H]3C=C2)C1=Cc1ccc2c(c1)OCO2. The van der Waals surface area contributed by atoms with E-state index in [0.29, 0.717) is 23.5 Å². The van der Waals surface area contributed by atoms with Crippen molar-refractivity contribution in [2.75, 3.05) is 13.6 Å². The Bertz CT molecular complexity index is 869. The first-order chi connectivity index (χ1) is 13.2. The van der Waals surface area contributed by atoms with Gasteiger partial charge in [0.15, 0.2) is 11.5 Å². The molecule has 3 aliphatic heterocycles. The van der Waals surface area contributed by atoms with Gasteiger partial charge in [0, 0.05) is 5.57 Å². The number of allylic oxidation sites excluding steroid dienone is 2. The van der Waals surface area contributed by atoms with E-state index in [1.165, 1.54) is 0 Å². The Kier molecular flexibility index (Phi) is 4.00. The summed E-state index contributed by atoms with van der Waals surface area (Å²) in [5.41, 5.74) is 2.19. The average molecular weight is 370 g/mol. The molecule has 0 spiro atoms. The van der Waals surface area contributed by atoms with E-state index in [1.54, 1.807) is 18.2 Å². The molecule has 0 unspecified atom stereocenters. The third-order valence-electron chi connectivity index (χ3n) is 5.10. The summed E-state index contributed by atoms with van der Waals surface area (Å²) in [6.45, 7) is 0.458. The van der Waals surface area contributed by atoms with E-state index in [-0.39, 0.29) is 25.8 Å². The number of ether oxygens (including phenoxy) is 5. The van der Waals surface area contributed by atoms with Gasteiger partial charge in [-0.15, -0.1) is 0 Å². The van der Waals surface area contributed by atoms with Crippen LogP contribution in [0.5, 0.6) is 11.5 Å². The van der Waals surface area contributed by atoms with Crippen LogP contribution in [0.2, 0.25) is 0 Å². The van der Waals surface area contributed by atoms with Crippen LogP contribution in [-0.4, -0.2) is 43.2 Å². The van der Waals surface area contributed by atoms with Crippen LogP contribution in [0.25, 0.3) is 6.08 Å². The second-order valence-corrected chi connectivity index (χ2v) is 6.80. The highest BCUT2D eigenvalue weighted by atomic mass is 16.7. The Labute approximate surface area is 155 Å². The Morgan fingerprint density at radius 3 is 2.89 bits per heavy atom. The standard InChI is InChI=1S/C20H18O7/c21-19-13(5-11-1-3-15-17(7-11)25-9-23-15)14(20(22)27-19)6-12-2-4-16-18(8-12)26-10-24-16/h1-5,7-8,14,16,18,20,22H,6,9-10H2/t14-,16-,18+,20+/m1/s1. The number of rotatable bonds is 3. The Hall–Kier alpha value is -2.61. The molecule has 1 aliphatic carbocycles. The number of aliphatic hydroxyl groups is 1. The van der Waals surface area contributed by atoms with Gasteiger partial charge in [-0.2, -0.15) is 0 Å². The number of hydrogen-bond donors (Lipinski definition) is 1. The first-order valence-corrected chi connectivity index (χ1v) is 8.80. The topological polar surface area (TPSA) is 83.5 Å². The molecule has 0 aromatic heterocycles. The van der Waals surface area contributed by atoms with Gasteiger partial charge in [-0.3, -0.25) is 0 Å². The largest absolute Gasteiger partial charge is 0.454 e. The number of carbonyl (C=O) groups excluding carboxylic acids is 1. The van der Waals surface area contributed by atoms with Crippen molar-refractivity contribution in [3.05, 3.63) is 53.1 Å². The van der Waals surface area contributed by atoms with Crippen LogP contribution in [0.1, 0.15) is 12.0 Å². The molecule has 27 heavy (non-hydrogen) atoms. The van der Waals surface area contributed by atoms with Crippen molar-refractivity contribution in [3.8, 4) is 11.5 Å². The third-order valence-corrected chi connectivity index (χ3v) is 5.10. The van der Waals surface area contributed by atoms with Crippen molar-refractivity contribution in [1.82, 2.24) is 0 Å². The molecule has 1 aromatic carbocycles. The van der Waals surface area contributed by atoms with E-state index in [1.807, 2.05) is 24.3 Å². The fraction of sp³-hybridized carbons (Fsp3) is 0.350. The molecule has 2 saturated heterocycles. The molecule has 4 atom stereocenters. The highest BCUT2D eigenvalue weighted by Gasteiger charge is 2.39. The van der Waals surface area contributed by atoms with Gasteiger partial charge in [-0.1, -0.05) is 18.2 Å². The molecule has 1 aromatic rings. The van der Waals surface area contributed by atoms with Crippen LogP contribution in [0.4, 0.5) is 0 Å². The highest BCUT2D eigenvalue weighted by Crippen LogP contribution is 2.37. The number of esters is 1. The van der Waals surface area contributed by atoms with Crippen molar-refractivity contribution in [2.24, 2.45) is 5.92 Å².